The van der Waals surface area contributed by atoms with E-state index in [-0.39, 0.29) is 11.5 Å². The lowest BCUT2D eigenvalue weighted by molar-refractivity contribution is 0.458. The molecule has 0 bridgehead atoms. The molecule has 0 spiro atoms. The van der Waals surface area contributed by atoms with Crippen LogP contribution in [-0.2, 0) is 13.1 Å². The number of piperidine rings is 1. The average Bonchev–Trinajstić information content (AvgIpc) is 2.94. The zero-order valence-corrected chi connectivity index (χ0v) is 13.8. The van der Waals surface area contributed by atoms with E-state index in [0.29, 0.717) is 18.4 Å². The van der Waals surface area contributed by atoms with Gasteiger partial charge in [-0.3, -0.25) is 4.57 Å². The molecule has 1 aromatic heterocycles. The summed E-state index contributed by atoms with van der Waals surface area (Å²) in [5, 5.41) is 0. The maximum absolute atomic E-state index is 13.4. The molecule has 3 heterocycles. The van der Waals surface area contributed by atoms with E-state index in [2.05, 4.69) is 9.88 Å². The van der Waals surface area contributed by atoms with Gasteiger partial charge in [0.1, 0.15) is 17.5 Å². The third-order valence-electron chi connectivity index (χ3n) is 4.99. The highest BCUT2D eigenvalue weighted by Crippen LogP contribution is 2.32. The predicted octanol–water partition coefficient (Wildman–Crippen LogP) is 2.39. The van der Waals surface area contributed by atoms with E-state index in [1.807, 2.05) is 24.1 Å². The number of hydrogen-bond acceptors (Lipinski definition) is 4. The first kappa shape index (κ1) is 15.2. The Kier molecular flexibility index (Phi) is 3.75. The Labute approximate surface area is 140 Å². The highest BCUT2D eigenvalue weighted by Gasteiger charge is 2.32. The highest BCUT2D eigenvalue weighted by atomic mass is 19.1. The van der Waals surface area contributed by atoms with Crippen LogP contribution in [0.2, 0.25) is 0 Å². The van der Waals surface area contributed by atoms with Crippen LogP contribution in [0.5, 0.6) is 0 Å². The van der Waals surface area contributed by atoms with Crippen LogP contribution in [0, 0.1) is 5.82 Å². The van der Waals surface area contributed by atoms with E-state index in [1.54, 1.807) is 10.6 Å². The molecule has 2 aliphatic rings. The molecule has 5 nitrogen and oxygen atoms in total. The maximum atomic E-state index is 13.4. The number of fused-ring (bicyclic) bond motifs is 3. The van der Waals surface area contributed by atoms with E-state index in [4.69, 9.17) is 0 Å². The zero-order chi connectivity index (χ0) is 16.7. The van der Waals surface area contributed by atoms with Gasteiger partial charge >= 0.3 is 5.69 Å². The summed E-state index contributed by atoms with van der Waals surface area (Å²) in [5.41, 5.74) is 0.666. The molecule has 24 heavy (non-hydrogen) atoms. The average molecular weight is 328 g/mol. The van der Waals surface area contributed by atoms with Gasteiger partial charge in [0.2, 0.25) is 0 Å². The van der Waals surface area contributed by atoms with Gasteiger partial charge in [-0.15, -0.1) is 0 Å². The van der Waals surface area contributed by atoms with Crippen molar-refractivity contribution in [3.63, 3.8) is 0 Å². The first-order valence-electron chi connectivity index (χ1n) is 8.46. The smallest absolute Gasteiger partial charge is 0.351 e. The zero-order valence-electron chi connectivity index (χ0n) is 13.8. The summed E-state index contributed by atoms with van der Waals surface area (Å²) < 4.78 is 15.1. The number of hydrogen-bond donors (Lipinski definition) is 0. The quantitative estimate of drug-likeness (QED) is 0.867. The van der Waals surface area contributed by atoms with Crippen molar-refractivity contribution in [1.29, 1.82) is 0 Å². The summed E-state index contributed by atoms with van der Waals surface area (Å²) in [6.45, 7) is 2.26. The van der Waals surface area contributed by atoms with Crippen molar-refractivity contribution in [3.8, 4) is 0 Å². The van der Waals surface area contributed by atoms with Crippen LogP contribution in [0.3, 0.4) is 0 Å². The van der Waals surface area contributed by atoms with Gasteiger partial charge in [0.25, 0.3) is 0 Å². The van der Waals surface area contributed by atoms with Crippen LogP contribution >= 0.6 is 0 Å². The third kappa shape index (κ3) is 2.66. The van der Waals surface area contributed by atoms with Gasteiger partial charge in [0, 0.05) is 38.8 Å². The molecule has 6 heteroatoms. The molecule has 1 atom stereocenters. The molecule has 0 radical (unpaired) electrons. The molecule has 0 unspecified atom stereocenters. The number of halogens is 1. The molecule has 1 aromatic carbocycles. The van der Waals surface area contributed by atoms with Gasteiger partial charge in [-0.1, -0.05) is 12.1 Å². The minimum atomic E-state index is -0.251. The van der Waals surface area contributed by atoms with E-state index < -0.39 is 0 Å². The van der Waals surface area contributed by atoms with Gasteiger partial charge in [-0.2, -0.15) is 4.98 Å². The highest BCUT2D eigenvalue weighted by molar-refractivity contribution is 5.54. The number of nitrogens with zero attached hydrogens (tertiary/aromatic N) is 4. The topological polar surface area (TPSA) is 41.4 Å². The fraction of sp³-hybridized carbons (Fsp3) is 0.444. The molecular weight excluding hydrogens is 307 g/mol. The molecule has 0 N–H and O–H groups in total. The lowest BCUT2D eigenvalue weighted by atomic mass is 10.0. The SMILES string of the molecule is CN(Cc1cccc(F)c1)c1cc2n(c(=O)n1)C[C@@H]1CCCCN21. The molecule has 2 aliphatic heterocycles. The Hall–Kier alpha value is -2.37. The van der Waals surface area contributed by atoms with Crippen molar-refractivity contribution in [2.45, 2.75) is 38.4 Å². The van der Waals surface area contributed by atoms with Crippen molar-refractivity contribution >= 4 is 11.6 Å². The Morgan fingerprint density at radius 1 is 1.33 bits per heavy atom. The van der Waals surface area contributed by atoms with E-state index in [1.165, 1.54) is 25.0 Å². The lowest BCUT2D eigenvalue weighted by Crippen LogP contribution is -2.36. The first-order valence-corrected chi connectivity index (χ1v) is 8.46. The summed E-state index contributed by atoms with van der Waals surface area (Å²) in [4.78, 5) is 20.9. The first-order chi connectivity index (χ1) is 11.6. The van der Waals surface area contributed by atoms with Gasteiger partial charge in [0.15, 0.2) is 0 Å². The van der Waals surface area contributed by atoms with Gasteiger partial charge < -0.3 is 9.80 Å². The van der Waals surface area contributed by atoms with Crippen molar-refractivity contribution in [1.82, 2.24) is 9.55 Å². The lowest BCUT2D eigenvalue weighted by Gasteiger charge is -2.30. The van der Waals surface area contributed by atoms with E-state index in [9.17, 15) is 9.18 Å². The molecule has 0 saturated carbocycles. The standard InChI is InChI=1S/C18H21FN4O/c1-21(11-13-5-4-6-14(19)9-13)16-10-17-22-8-3-2-7-15(22)12-23(17)18(24)20-16/h4-6,9-10,15H,2-3,7-8,11-12H2,1H3/t15-/m0/s1. The predicted molar refractivity (Wildman–Crippen MR) is 92.0 cm³/mol. The van der Waals surface area contributed by atoms with Gasteiger partial charge in [-0.05, 0) is 37.0 Å². The Morgan fingerprint density at radius 2 is 2.21 bits per heavy atom. The maximum Gasteiger partial charge on any atom is 0.351 e. The third-order valence-corrected chi connectivity index (χ3v) is 4.99. The second-order valence-corrected chi connectivity index (χ2v) is 6.69. The molecule has 1 saturated heterocycles. The molecule has 2 aromatic rings. The van der Waals surface area contributed by atoms with Gasteiger partial charge in [-0.25, -0.2) is 9.18 Å². The number of benzene rings is 1. The molecule has 0 aliphatic carbocycles. The van der Waals surface area contributed by atoms with Crippen molar-refractivity contribution in [2.75, 3.05) is 23.4 Å². The molecule has 0 amide bonds. The van der Waals surface area contributed by atoms with Crippen LogP contribution in [0.15, 0.2) is 35.1 Å². The molecular formula is C18H21FN4O. The second-order valence-electron chi connectivity index (χ2n) is 6.69. The Bertz CT molecular complexity index is 819. The summed E-state index contributed by atoms with van der Waals surface area (Å²) in [6.07, 6.45) is 3.53. The fourth-order valence-corrected chi connectivity index (χ4v) is 3.78. The summed E-state index contributed by atoms with van der Waals surface area (Å²) in [7, 11) is 1.88. The monoisotopic (exact) mass is 328 g/mol. The minimum absolute atomic E-state index is 0.192. The molecule has 4 rings (SSSR count). The van der Waals surface area contributed by atoms with Gasteiger partial charge in [0.05, 0.1) is 0 Å². The van der Waals surface area contributed by atoms with Crippen molar-refractivity contribution in [2.24, 2.45) is 0 Å². The minimum Gasteiger partial charge on any atom is -0.355 e. The molecule has 126 valence electrons. The number of rotatable bonds is 3. The van der Waals surface area contributed by atoms with E-state index in [0.717, 1.165) is 30.9 Å². The second kappa shape index (κ2) is 5.92. The Morgan fingerprint density at radius 3 is 3.04 bits per heavy atom. The molecule has 1 fully saturated rings. The summed E-state index contributed by atoms with van der Waals surface area (Å²) in [6, 6.07) is 8.93. The largest absolute Gasteiger partial charge is 0.355 e. The van der Waals surface area contributed by atoms with Crippen LogP contribution in [0.25, 0.3) is 0 Å². The van der Waals surface area contributed by atoms with Crippen LogP contribution in [0.1, 0.15) is 24.8 Å². The van der Waals surface area contributed by atoms with Crippen molar-refractivity contribution in [3.05, 3.63) is 52.2 Å². The number of anilines is 2. The van der Waals surface area contributed by atoms with Crippen LogP contribution in [-0.4, -0.2) is 29.2 Å². The normalized spacial score (nSPS) is 19.1. The summed E-state index contributed by atoms with van der Waals surface area (Å²) in [5.74, 6) is 1.36. The number of aromatic nitrogens is 2. The van der Waals surface area contributed by atoms with E-state index >= 15 is 0 Å². The Balaban J connectivity index is 1.63. The van der Waals surface area contributed by atoms with Crippen LogP contribution < -0.4 is 15.5 Å². The van der Waals surface area contributed by atoms with Crippen molar-refractivity contribution < 1.29 is 4.39 Å². The summed E-state index contributed by atoms with van der Waals surface area (Å²) >= 11 is 0. The van der Waals surface area contributed by atoms with Crippen LogP contribution in [0.4, 0.5) is 16.0 Å². The fourth-order valence-electron chi connectivity index (χ4n) is 3.78.